The molecule has 1 aromatic rings. The smallest absolute Gasteiger partial charge is 0.315 e. The van der Waals surface area contributed by atoms with E-state index in [-0.39, 0.29) is 11.2 Å². The van der Waals surface area contributed by atoms with Crippen molar-refractivity contribution >= 4 is 11.8 Å². The molecule has 0 atom stereocenters. The van der Waals surface area contributed by atoms with Crippen LogP contribution in [0.1, 0.15) is 61.5 Å². The standard InChI is InChI=1S/C20H26N2O2/c1-13-5-4-9-20(2,3)17(13)18(23)15-7-6-14-8-10-22(19(21)24)12-16(14)11-15/h6-7,11H,4-5,8-10,12H2,1-3H3,(H2,21,24). The minimum Gasteiger partial charge on any atom is -0.351 e. The molecule has 4 nitrogen and oxygen atoms in total. The predicted octanol–water partition coefficient (Wildman–Crippen LogP) is 3.83. The first-order valence-corrected chi connectivity index (χ1v) is 8.71. The van der Waals surface area contributed by atoms with E-state index in [2.05, 4.69) is 20.8 Å². The number of carbonyl (C=O) groups is 2. The zero-order valence-electron chi connectivity index (χ0n) is 14.8. The van der Waals surface area contributed by atoms with E-state index >= 15 is 0 Å². The molecule has 0 fully saturated rings. The molecule has 4 heteroatoms. The van der Waals surface area contributed by atoms with Gasteiger partial charge in [-0.1, -0.05) is 31.6 Å². The first-order valence-electron chi connectivity index (χ1n) is 8.71. The van der Waals surface area contributed by atoms with Gasteiger partial charge in [0, 0.05) is 24.2 Å². The predicted molar refractivity (Wildman–Crippen MR) is 94.8 cm³/mol. The van der Waals surface area contributed by atoms with E-state index in [1.807, 2.05) is 18.2 Å². The molecule has 24 heavy (non-hydrogen) atoms. The number of nitrogens with two attached hydrogens (primary N) is 1. The average molecular weight is 326 g/mol. The van der Waals surface area contributed by atoms with Crippen molar-refractivity contribution in [2.45, 2.75) is 53.0 Å². The minimum absolute atomic E-state index is 0.0748. The van der Waals surface area contributed by atoms with Gasteiger partial charge >= 0.3 is 6.03 Å². The van der Waals surface area contributed by atoms with Gasteiger partial charge in [-0.2, -0.15) is 0 Å². The third-order valence-corrected chi connectivity index (χ3v) is 5.48. The van der Waals surface area contributed by atoms with Crippen LogP contribution in [0.2, 0.25) is 0 Å². The van der Waals surface area contributed by atoms with Gasteiger partial charge < -0.3 is 10.6 Å². The monoisotopic (exact) mass is 326 g/mol. The number of fused-ring (bicyclic) bond motifs is 1. The fourth-order valence-corrected chi connectivity index (χ4v) is 4.16. The maximum atomic E-state index is 13.2. The number of nitrogens with zero attached hydrogens (tertiary/aromatic N) is 1. The molecule has 2 N–H and O–H groups in total. The fraction of sp³-hybridized carbons (Fsp3) is 0.500. The van der Waals surface area contributed by atoms with E-state index in [9.17, 15) is 9.59 Å². The van der Waals surface area contributed by atoms with Crippen molar-refractivity contribution in [2.75, 3.05) is 6.54 Å². The van der Waals surface area contributed by atoms with Crippen LogP contribution in [-0.4, -0.2) is 23.3 Å². The highest BCUT2D eigenvalue weighted by Gasteiger charge is 2.33. The van der Waals surface area contributed by atoms with E-state index < -0.39 is 6.03 Å². The molecule has 0 bridgehead atoms. The number of ketones is 1. The van der Waals surface area contributed by atoms with Gasteiger partial charge in [-0.3, -0.25) is 4.79 Å². The molecule has 0 radical (unpaired) electrons. The van der Waals surface area contributed by atoms with Gasteiger partial charge in [-0.15, -0.1) is 0 Å². The van der Waals surface area contributed by atoms with Gasteiger partial charge in [-0.05, 0) is 55.2 Å². The zero-order valence-corrected chi connectivity index (χ0v) is 14.8. The Bertz CT molecular complexity index is 731. The van der Waals surface area contributed by atoms with Crippen LogP contribution in [0.3, 0.4) is 0 Å². The van der Waals surface area contributed by atoms with Crippen molar-refractivity contribution in [3.8, 4) is 0 Å². The second-order valence-corrected chi connectivity index (χ2v) is 7.72. The lowest BCUT2D eigenvalue weighted by atomic mass is 9.70. The summed E-state index contributed by atoms with van der Waals surface area (Å²) in [4.78, 5) is 26.2. The summed E-state index contributed by atoms with van der Waals surface area (Å²) in [6, 6.07) is 5.53. The Morgan fingerprint density at radius 2 is 1.92 bits per heavy atom. The van der Waals surface area contributed by atoms with Crippen LogP contribution in [0.5, 0.6) is 0 Å². The lowest BCUT2D eigenvalue weighted by Gasteiger charge is -2.34. The normalized spacial score (nSPS) is 19.9. The molecule has 1 aliphatic heterocycles. The Hall–Kier alpha value is -2.10. The first-order chi connectivity index (χ1) is 11.3. The van der Waals surface area contributed by atoms with Gasteiger partial charge in [0.1, 0.15) is 0 Å². The highest BCUT2D eigenvalue weighted by Crippen LogP contribution is 2.41. The van der Waals surface area contributed by atoms with E-state index in [0.29, 0.717) is 13.1 Å². The second kappa shape index (κ2) is 6.08. The SMILES string of the molecule is CC1=C(C(=O)c2ccc3c(c2)CN(C(N)=O)CC3)C(C)(C)CCC1. The van der Waals surface area contributed by atoms with Crippen molar-refractivity contribution in [1.82, 2.24) is 4.90 Å². The number of primary amides is 1. The van der Waals surface area contributed by atoms with E-state index in [4.69, 9.17) is 5.73 Å². The number of benzene rings is 1. The Kier molecular flexibility index (Phi) is 4.24. The van der Waals surface area contributed by atoms with Crippen molar-refractivity contribution in [2.24, 2.45) is 11.1 Å². The van der Waals surface area contributed by atoms with Crippen LogP contribution in [0, 0.1) is 5.41 Å². The maximum Gasteiger partial charge on any atom is 0.315 e. The van der Waals surface area contributed by atoms with Gasteiger partial charge in [0.05, 0.1) is 0 Å². The number of hydrogen-bond acceptors (Lipinski definition) is 2. The second-order valence-electron chi connectivity index (χ2n) is 7.72. The molecule has 2 aliphatic rings. The number of Topliss-reactive ketones (excluding diaryl/α,β-unsaturated/α-hetero) is 1. The summed E-state index contributed by atoms with van der Waals surface area (Å²) in [5, 5.41) is 0. The topological polar surface area (TPSA) is 63.4 Å². The number of rotatable bonds is 2. The Balaban J connectivity index is 1.95. The molecular formula is C20H26N2O2. The highest BCUT2D eigenvalue weighted by atomic mass is 16.2. The molecule has 0 aromatic heterocycles. The number of carbonyl (C=O) groups excluding carboxylic acids is 2. The number of hydrogen-bond donors (Lipinski definition) is 1. The van der Waals surface area contributed by atoms with Gasteiger partial charge in [0.15, 0.2) is 5.78 Å². The van der Waals surface area contributed by atoms with Crippen LogP contribution < -0.4 is 5.73 Å². The summed E-state index contributed by atoms with van der Waals surface area (Å²) in [6.45, 7) is 7.55. The lowest BCUT2D eigenvalue weighted by Crippen LogP contribution is -2.39. The van der Waals surface area contributed by atoms with Gasteiger partial charge in [0.25, 0.3) is 0 Å². The molecule has 1 aromatic carbocycles. The summed E-state index contributed by atoms with van der Waals surface area (Å²) in [6.07, 6.45) is 3.99. The number of urea groups is 1. The Morgan fingerprint density at radius 3 is 2.58 bits per heavy atom. The van der Waals surface area contributed by atoms with Crippen molar-refractivity contribution in [3.63, 3.8) is 0 Å². The molecule has 0 unspecified atom stereocenters. The zero-order chi connectivity index (χ0) is 17.5. The largest absolute Gasteiger partial charge is 0.351 e. The molecule has 0 saturated carbocycles. The van der Waals surface area contributed by atoms with E-state index in [1.54, 1.807) is 4.90 Å². The summed E-state index contributed by atoms with van der Waals surface area (Å²) >= 11 is 0. The number of amides is 2. The summed E-state index contributed by atoms with van der Waals surface area (Å²) < 4.78 is 0. The maximum absolute atomic E-state index is 13.2. The van der Waals surface area contributed by atoms with Crippen LogP contribution in [-0.2, 0) is 13.0 Å². The first kappa shape index (κ1) is 16.7. The third kappa shape index (κ3) is 2.97. The lowest BCUT2D eigenvalue weighted by molar-refractivity contribution is 0.0997. The fourth-order valence-electron chi connectivity index (χ4n) is 4.16. The minimum atomic E-state index is -0.399. The Morgan fingerprint density at radius 1 is 1.17 bits per heavy atom. The van der Waals surface area contributed by atoms with E-state index in [0.717, 1.165) is 42.4 Å². The molecule has 128 valence electrons. The average Bonchev–Trinajstić information content (AvgIpc) is 2.52. The van der Waals surface area contributed by atoms with E-state index in [1.165, 1.54) is 11.1 Å². The molecule has 3 rings (SSSR count). The van der Waals surface area contributed by atoms with Crippen molar-refractivity contribution < 1.29 is 9.59 Å². The van der Waals surface area contributed by atoms with Crippen LogP contribution in [0.25, 0.3) is 0 Å². The van der Waals surface area contributed by atoms with Gasteiger partial charge in [-0.25, -0.2) is 4.79 Å². The van der Waals surface area contributed by atoms with Crippen molar-refractivity contribution in [1.29, 1.82) is 0 Å². The summed E-state index contributed by atoms with van der Waals surface area (Å²) in [7, 11) is 0. The summed E-state index contributed by atoms with van der Waals surface area (Å²) in [5.41, 5.74) is 10.5. The van der Waals surface area contributed by atoms with Gasteiger partial charge in [0.2, 0.25) is 0 Å². The Labute approximate surface area is 143 Å². The molecule has 1 heterocycles. The highest BCUT2D eigenvalue weighted by molar-refractivity contribution is 6.10. The third-order valence-electron chi connectivity index (χ3n) is 5.48. The molecule has 1 aliphatic carbocycles. The molecule has 0 spiro atoms. The number of allylic oxidation sites excluding steroid dienone is 2. The summed E-state index contributed by atoms with van der Waals surface area (Å²) in [5.74, 6) is 0.135. The quantitative estimate of drug-likeness (QED) is 0.839. The van der Waals surface area contributed by atoms with Crippen molar-refractivity contribution in [3.05, 3.63) is 46.0 Å². The molecular weight excluding hydrogens is 300 g/mol. The molecule has 2 amide bonds. The van der Waals surface area contributed by atoms with Crippen LogP contribution in [0.15, 0.2) is 29.3 Å². The van der Waals surface area contributed by atoms with Crippen LogP contribution in [0.4, 0.5) is 4.79 Å². The molecule has 0 saturated heterocycles. The van der Waals surface area contributed by atoms with Crippen LogP contribution >= 0.6 is 0 Å².